The molecule has 7 heteroatoms. The number of hydrogen-bond acceptors (Lipinski definition) is 6. The van der Waals surface area contributed by atoms with Gasteiger partial charge in [0, 0.05) is 30.3 Å². The third kappa shape index (κ3) is 3.59. The van der Waals surface area contributed by atoms with Crippen molar-refractivity contribution in [2.24, 2.45) is 0 Å². The van der Waals surface area contributed by atoms with E-state index in [1.807, 2.05) is 49.4 Å². The van der Waals surface area contributed by atoms with E-state index in [1.165, 1.54) is 0 Å². The number of benzene rings is 1. The summed E-state index contributed by atoms with van der Waals surface area (Å²) in [7, 11) is 0. The number of fused-ring (bicyclic) bond motifs is 1. The minimum absolute atomic E-state index is 0.634. The fourth-order valence-corrected chi connectivity index (χ4v) is 3.75. The lowest BCUT2D eigenvalue weighted by atomic mass is 10.2. The van der Waals surface area contributed by atoms with Crippen molar-refractivity contribution < 1.29 is 0 Å². The zero-order chi connectivity index (χ0) is 18.6. The molecule has 0 N–H and O–H groups in total. The van der Waals surface area contributed by atoms with E-state index in [0.29, 0.717) is 12.3 Å². The summed E-state index contributed by atoms with van der Waals surface area (Å²) in [6.07, 6.45) is 5.35. The number of pyridine rings is 1. The predicted octanol–water partition coefficient (Wildman–Crippen LogP) is 4.07. The van der Waals surface area contributed by atoms with Crippen molar-refractivity contribution in [3.63, 3.8) is 0 Å². The summed E-state index contributed by atoms with van der Waals surface area (Å²) < 4.78 is 2.05. The van der Waals surface area contributed by atoms with Crippen molar-refractivity contribution in [3.05, 3.63) is 72.8 Å². The average molecular weight is 374 g/mol. The molecule has 4 aromatic rings. The summed E-state index contributed by atoms with van der Waals surface area (Å²) in [5.41, 5.74) is 4.69. The van der Waals surface area contributed by atoms with E-state index >= 15 is 0 Å². The van der Waals surface area contributed by atoms with Crippen molar-refractivity contribution in [2.75, 3.05) is 0 Å². The second-order valence-electron chi connectivity index (χ2n) is 5.97. The van der Waals surface area contributed by atoms with Gasteiger partial charge in [-0.15, -0.1) is 16.8 Å². The first-order valence-electron chi connectivity index (χ1n) is 8.56. The maximum Gasteiger partial charge on any atom is 0.192 e. The molecule has 0 saturated heterocycles. The SMILES string of the molecule is C=CCn1c(SCc2nc3ccccc3nc2C)nnc1-c1ccncc1. The molecular weight excluding hydrogens is 356 g/mol. The molecule has 0 aliphatic heterocycles. The molecule has 3 heterocycles. The average Bonchev–Trinajstić information content (AvgIpc) is 3.10. The lowest BCUT2D eigenvalue weighted by Crippen LogP contribution is -2.02. The number of nitrogens with zero attached hydrogens (tertiary/aromatic N) is 6. The highest BCUT2D eigenvalue weighted by molar-refractivity contribution is 7.98. The van der Waals surface area contributed by atoms with E-state index in [9.17, 15) is 0 Å². The smallest absolute Gasteiger partial charge is 0.192 e. The molecule has 0 bridgehead atoms. The summed E-state index contributed by atoms with van der Waals surface area (Å²) in [4.78, 5) is 13.5. The minimum atomic E-state index is 0.634. The topological polar surface area (TPSA) is 69.4 Å². The van der Waals surface area contributed by atoms with Gasteiger partial charge >= 0.3 is 0 Å². The van der Waals surface area contributed by atoms with Gasteiger partial charge in [-0.05, 0) is 31.2 Å². The van der Waals surface area contributed by atoms with Crippen LogP contribution < -0.4 is 0 Å². The highest BCUT2D eigenvalue weighted by atomic mass is 32.2. The van der Waals surface area contributed by atoms with Gasteiger partial charge in [0.1, 0.15) is 0 Å². The summed E-state index contributed by atoms with van der Waals surface area (Å²) >= 11 is 1.60. The van der Waals surface area contributed by atoms with Crippen LogP contribution in [0.15, 0.2) is 66.6 Å². The van der Waals surface area contributed by atoms with Crippen LogP contribution in [-0.2, 0) is 12.3 Å². The molecule has 0 aliphatic rings. The van der Waals surface area contributed by atoms with Gasteiger partial charge in [-0.2, -0.15) is 0 Å². The molecule has 3 aromatic heterocycles. The molecule has 27 heavy (non-hydrogen) atoms. The first kappa shape index (κ1) is 17.4. The Kier molecular flexibility index (Phi) is 4.93. The van der Waals surface area contributed by atoms with Crippen LogP contribution in [0.5, 0.6) is 0 Å². The van der Waals surface area contributed by atoms with Crippen LogP contribution in [0.4, 0.5) is 0 Å². The molecule has 1 aromatic carbocycles. The Hall–Kier alpha value is -3.06. The second-order valence-corrected chi connectivity index (χ2v) is 6.92. The monoisotopic (exact) mass is 374 g/mol. The number of thioether (sulfide) groups is 1. The van der Waals surface area contributed by atoms with E-state index < -0.39 is 0 Å². The molecular formula is C20H18N6S. The van der Waals surface area contributed by atoms with Gasteiger partial charge < -0.3 is 0 Å². The van der Waals surface area contributed by atoms with Crippen LogP contribution >= 0.6 is 11.8 Å². The van der Waals surface area contributed by atoms with Gasteiger partial charge in [0.25, 0.3) is 0 Å². The summed E-state index contributed by atoms with van der Waals surface area (Å²) in [5.74, 6) is 1.48. The number of aromatic nitrogens is 6. The molecule has 0 spiro atoms. The van der Waals surface area contributed by atoms with E-state index in [-0.39, 0.29) is 0 Å². The van der Waals surface area contributed by atoms with Gasteiger partial charge in [-0.25, -0.2) is 9.97 Å². The number of aryl methyl sites for hydroxylation is 1. The first-order chi connectivity index (χ1) is 13.3. The van der Waals surface area contributed by atoms with Crippen LogP contribution in [0.25, 0.3) is 22.4 Å². The number of para-hydroxylation sites is 2. The van der Waals surface area contributed by atoms with Crippen molar-refractivity contribution in [1.29, 1.82) is 0 Å². The van der Waals surface area contributed by atoms with Gasteiger partial charge in [-0.3, -0.25) is 9.55 Å². The van der Waals surface area contributed by atoms with Crippen LogP contribution in [0, 0.1) is 6.92 Å². The molecule has 0 radical (unpaired) electrons. The van der Waals surface area contributed by atoms with Crippen molar-refractivity contribution >= 4 is 22.8 Å². The zero-order valence-corrected chi connectivity index (χ0v) is 15.7. The van der Waals surface area contributed by atoms with E-state index in [0.717, 1.165) is 39.0 Å². The van der Waals surface area contributed by atoms with Gasteiger partial charge in [0.15, 0.2) is 11.0 Å². The van der Waals surface area contributed by atoms with Gasteiger partial charge in [0.2, 0.25) is 0 Å². The van der Waals surface area contributed by atoms with Crippen LogP contribution in [0.1, 0.15) is 11.4 Å². The number of allylic oxidation sites excluding steroid dienone is 1. The fourth-order valence-electron chi connectivity index (χ4n) is 2.80. The maximum atomic E-state index is 4.76. The van der Waals surface area contributed by atoms with Crippen molar-refractivity contribution in [1.82, 2.24) is 29.7 Å². The Labute approximate surface area is 161 Å². The highest BCUT2D eigenvalue weighted by Gasteiger charge is 2.15. The Balaban J connectivity index is 1.62. The maximum absolute atomic E-state index is 4.76. The number of rotatable bonds is 6. The molecule has 6 nitrogen and oxygen atoms in total. The van der Waals surface area contributed by atoms with Crippen LogP contribution in [0.2, 0.25) is 0 Å². The third-order valence-electron chi connectivity index (χ3n) is 4.15. The molecule has 0 fully saturated rings. The predicted molar refractivity (Wildman–Crippen MR) is 107 cm³/mol. The van der Waals surface area contributed by atoms with Crippen LogP contribution in [-0.4, -0.2) is 29.7 Å². The Bertz CT molecular complexity index is 1090. The van der Waals surface area contributed by atoms with E-state index in [2.05, 4.69) is 31.3 Å². The fraction of sp³-hybridized carbons (Fsp3) is 0.150. The zero-order valence-electron chi connectivity index (χ0n) is 14.9. The van der Waals surface area contributed by atoms with Crippen molar-refractivity contribution in [3.8, 4) is 11.4 Å². The Morgan fingerprint density at radius 3 is 2.52 bits per heavy atom. The highest BCUT2D eigenvalue weighted by Crippen LogP contribution is 2.27. The van der Waals surface area contributed by atoms with Crippen LogP contribution in [0.3, 0.4) is 0 Å². The number of hydrogen-bond donors (Lipinski definition) is 0. The summed E-state index contributed by atoms with van der Waals surface area (Å²) in [5, 5.41) is 9.58. The molecule has 4 rings (SSSR count). The largest absolute Gasteiger partial charge is 0.298 e. The standard InChI is InChI=1S/C20H18N6S/c1-3-12-26-19(15-8-10-21-11-9-15)24-25-20(26)27-13-18-14(2)22-16-6-4-5-7-17(16)23-18/h3-11H,1,12-13H2,2H3. The first-order valence-corrected chi connectivity index (χ1v) is 9.54. The molecule has 0 saturated carbocycles. The second kappa shape index (κ2) is 7.67. The Morgan fingerprint density at radius 1 is 1.04 bits per heavy atom. The molecule has 0 atom stereocenters. The normalized spacial score (nSPS) is 11.0. The van der Waals surface area contributed by atoms with Crippen molar-refractivity contribution in [2.45, 2.75) is 24.4 Å². The lowest BCUT2D eigenvalue weighted by Gasteiger charge is -2.09. The quantitative estimate of drug-likeness (QED) is 0.374. The molecule has 0 amide bonds. The summed E-state index contributed by atoms with van der Waals surface area (Å²) in [6, 6.07) is 11.8. The molecule has 134 valence electrons. The summed E-state index contributed by atoms with van der Waals surface area (Å²) in [6.45, 7) is 6.48. The van der Waals surface area contributed by atoms with Gasteiger partial charge in [0.05, 0.1) is 22.4 Å². The van der Waals surface area contributed by atoms with E-state index in [1.54, 1.807) is 24.2 Å². The minimum Gasteiger partial charge on any atom is -0.298 e. The van der Waals surface area contributed by atoms with Gasteiger partial charge in [-0.1, -0.05) is 30.0 Å². The Morgan fingerprint density at radius 2 is 1.78 bits per heavy atom. The third-order valence-corrected chi connectivity index (χ3v) is 5.13. The molecule has 0 aliphatic carbocycles. The van der Waals surface area contributed by atoms with E-state index in [4.69, 9.17) is 4.98 Å². The molecule has 0 unspecified atom stereocenters. The lowest BCUT2D eigenvalue weighted by molar-refractivity contribution is 0.730.